The van der Waals surface area contributed by atoms with Gasteiger partial charge in [0.15, 0.2) is 5.96 Å². The molecule has 0 radical (unpaired) electrons. The van der Waals surface area contributed by atoms with E-state index in [9.17, 15) is 13.2 Å². The molecule has 9 heteroatoms. The van der Waals surface area contributed by atoms with Crippen molar-refractivity contribution in [1.82, 2.24) is 0 Å². The number of nitrogens with zero attached hydrogens (tertiary/aromatic N) is 1. The Balaban J connectivity index is 0.000000431. The molecule has 8 nitrogen and oxygen atoms in total. The molecule has 0 saturated carbocycles. The number of rotatable bonds is 2. The summed E-state index contributed by atoms with van der Waals surface area (Å²) in [4.78, 5) is 15.4. The molecule has 0 atom stereocenters. The summed E-state index contributed by atoms with van der Waals surface area (Å²) in [5.41, 5.74) is 13.6. The maximum atomic E-state index is 11.9. The molecule has 0 unspecified atom stereocenters. The number of carbonyl (C=O) groups is 1. The van der Waals surface area contributed by atoms with E-state index in [0.717, 1.165) is 22.1 Å². The molecule has 2 aromatic carbocycles. The first-order valence-corrected chi connectivity index (χ1v) is 9.13. The summed E-state index contributed by atoms with van der Waals surface area (Å²) in [5.74, 6) is -0.710. The average Bonchev–Trinajstić information content (AvgIpc) is 3.01. The Labute approximate surface area is 149 Å². The SMILES string of the molecule is CS(=O)(=O)O.NC(N)=NC(=O)c1cccc(-c2cccc3occc23)c1. The minimum absolute atomic E-state index is 0.248. The van der Waals surface area contributed by atoms with E-state index >= 15 is 0 Å². The van der Waals surface area contributed by atoms with Crippen molar-refractivity contribution in [2.45, 2.75) is 0 Å². The molecule has 0 saturated heterocycles. The van der Waals surface area contributed by atoms with Gasteiger partial charge in [0.2, 0.25) is 0 Å². The van der Waals surface area contributed by atoms with Crippen LogP contribution in [0.2, 0.25) is 0 Å². The molecule has 0 aliphatic carbocycles. The van der Waals surface area contributed by atoms with Gasteiger partial charge in [-0.2, -0.15) is 13.4 Å². The fourth-order valence-electron chi connectivity index (χ4n) is 2.25. The lowest BCUT2D eigenvalue weighted by atomic mass is 10.00. The fraction of sp³-hybridized carbons (Fsp3) is 0.0588. The van der Waals surface area contributed by atoms with E-state index in [1.807, 2.05) is 30.3 Å². The maximum Gasteiger partial charge on any atom is 0.280 e. The molecule has 0 aliphatic heterocycles. The van der Waals surface area contributed by atoms with Crippen LogP contribution in [-0.2, 0) is 10.1 Å². The summed E-state index contributed by atoms with van der Waals surface area (Å²) in [5, 5.41) is 0.990. The van der Waals surface area contributed by atoms with E-state index in [-0.39, 0.29) is 5.96 Å². The largest absolute Gasteiger partial charge is 0.464 e. The normalized spacial score (nSPS) is 10.7. The number of nitrogens with two attached hydrogens (primary N) is 2. The zero-order chi connectivity index (χ0) is 19.3. The first kappa shape index (κ1) is 19.2. The number of hydrogen-bond donors (Lipinski definition) is 3. The monoisotopic (exact) mass is 375 g/mol. The van der Waals surface area contributed by atoms with Gasteiger partial charge in [-0.15, -0.1) is 0 Å². The Morgan fingerprint density at radius 2 is 1.77 bits per heavy atom. The van der Waals surface area contributed by atoms with E-state index in [4.69, 9.17) is 20.4 Å². The van der Waals surface area contributed by atoms with Gasteiger partial charge in [-0.25, -0.2) is 0 Å². The van der Waals surface area contributed by atoms with Crippen molar-refractivity contribution in [2.75, 3.05) is 6.26 Å². The molecule has 3 aromatic rings. The Hall–Kier alpha value is -3.17. The smallest absolute Gasteiger partial charge is 0.280 e. The summed E-state index contributed by atoms with van der Waals surface area (Å²) in [6.45, 7) is 0. The van der Waals surface area contributed by atoms with E-state index < -0.39 is 16.0 Å². The highest BCUT2D eigenvalue weighted by molar-refractivity contribution is 7.85. The molecule has 1 amide bonds. The van der Waals surface area contributed by atoms with Gasteiger partial charge in [-0.05, 0) is 35.4 Å². The van der Waals surface area contributed by atoms with Crippen LogP contribution in [0.3, 0.4) is 0 Å². The number of aliphatic imine (C=N–C) groups is 1. The number of hydrogen-bond acceptors (Lipinski definition) is 4. The van der Waals surface area contributed by atoms with Crippen molar-refractivity contribution >= 4 is 33.0 Å². The molecular weight excluding hydrogens is 358 g/mol. The molecule has 1 aromatic heterocycles. The second kappa shape index (κ2) is 7.81. The van der Waals surface area contributed by atoms with Crippen molar-refractivity contribution in [2.24, 2.45) is 16.5 Å². The van der Waals surface area contributed by atoms with Crippen LogP contribution in [0.25, 0.3) is 22.1 Å². The Morgan fingerprint density at radius 1 is 1.12 bits per heavy atom. The van der Waals surface area contributed by atoms with Crippen molar-refractivity contribution in [3.05, 3.63) is 60.4 Å². The number of fused-ring (bicyclic) bond motifs is 1. The molecule has 0 fully saturated rings. The predicted octanol–water partition coefficient (Wildman–Crippen LogP) is 2.02. The first-order chi connectivity index (χ1) is 12.1. The lowest BCUT2D eigenvalue weighted by Crippen LogP contribution is -2.24. The zero-order valence-electron chi connectivity index (χ0n) is 13.8. The Morgan fingerprint density at radius 3 is 2.42 bits per heavy atom. The molecule has 0 spiro atoms. The molecule has 26 heavy (non-hydrogen) atoms. The number of amides is 1. The van der Waals surface area contributed by atoms with Crippen LogP contribution in [0.4, 0.5) is 0 Å². The van der Waals surface area contributed by atoms with Gasteiger partial charge >= 0.3 is 0 Å². The molecule has 5 N–H and O–H groups in total. The third-order valence-electron chi connectivity index (χ3n) is 3.15. The summed E-state index contributed by atoms with van der Waals surface area (Å²) in [6, 6.07) is 14.8. The Kier molecular flexibility index (Phi) is 5.75. The van der Waals surface area contributed by atoms with Crippen LogP contribution in [0, 0.1) is 0 Å². The highest BCUT2D eigenvalue weighted by Gasteiger charge is 2.09. The quantitative estimate of drug-likeness (QED) is 0.352. The summed E-state index contributed by atoms with van der Waals surface area (Å²) in [6.07, 6.45) is 2.36. The molecular formula is C17H17N3O5S. The second-order valence-corrected chi connectivity index (χ2v) is 6.76. The third-order valence-corrected chi connectivity index (χ3v) is 3.15. The van der Waals surface area contributed by atoms with Crippen LogP contribution in [-0.4, -0.2) is 31.1 Å². The highest BCUT2D eigenvalue weighted by atomic mass is 32.2. The van der Waals surface area contributed by atoms with Crippen molar-refractivity contribution < 1.29 is 22.2 Å². The van der Waals surface area contributed by atoms with Crippen LogP contribution >= 0.6 is 0 Å². The molecule has 0 bridgehead atoms. The third kappa shape index (κ3) is 5.43. The van der Waals surface area contributed by atoms with Gasteiger partial charge in [0, 0.05) is 10.9 Å². The van der Waals surface area contributed by atoms with Crippen LogP contribution in [0.1, 0.15) is 10.4 Å². The zero-order valence-corrected chi connectivity index (χ0v) is 14.6. The molecule has 1 heterocycles. The highest BCUT2D eigenvalue weighted by Crippen LogP contribution is 2.29. The van der Waals surface area contributed by atoms with E-state index in [0.29, 0.717) is 11.8 Å². The lowest BCUT2D eigenvalue weighted by molar-refractivity contribution is 0.100. The van der Waals surface area contributed by atoms with Gasteiger partial charge in [0.1, 0.15) is 5.58 Å². The Bertz CT molecular complexity index is 1060. The predicted molar refractivity (Wildman–Crippen MR) is 99.3 cm³/mol. The van der Waals surface area contributed by atoms with Gasteiger partial charge in [0.25, 0.3) is 16.0 Å². The van der Waals surface area contributed by atoms with Crippen LogP contribution in [0.5, 0.6) is 0 Å². The standard InChI is InChI=1S/C16H13N3O2.CH4O3S/c17-16(18)19-15(20)11-4-1-3-10(9-11)12-5-2-6-14-13(12)7-8-21-14;1-5(2,3)4/h1-9H,(H4,17,18,19,20);1H3,(H,2,3,4). The van der Waals surface area contributed by atoms with E-state index in [2.05, 4.69) is 4.99 Å². The molecule has 3 rings (SSSR count). The molecule has 0 aliphatic rings. The fourth-order valence-corrected chi connectivity index (χ4v) is 2.25. The van der Waals surface area contributed by atoms with Gasteiger partial charge in [-0.1, -0.05) is 24.3 Å². The van der Waals surface area contributed by atoms with Crippen molar-refractivity contribution in [3.63, 3.8) is 0 Å². The number of benzene rings is 2. The van der Waals surface area contributed by atoms with Gasteiger partial charge in [-0.3, -0.25) is 9.35 Å². The van der Waals surface area contributed by atoms with Gasteiger partial charge < -0.3 is 15.9 Å². The minimum Gasteiger partial charge on any atom is -0.464 e. The maximum absolute atomic E-state index is 11.9. The average molecular weight is 375 g/mol. The lowest BCUT2D eigenvalue weighted by Gasteiger charge is -2.05. The topological polar surface area (TPSA) is 149 Å². The van der Waals surface area contributed by atoms with Crippen molar-refractivity contribution in [1.29, 1.82) is 0 Å². The first-order valence-electron chi connectivity index (χ1n) is 7.28. The minimum atomic E-state index is -3.67. The van der Waals surface area contributed by atoms with E-state index in [1.165, 1.54) is 0 Å². The number of furan rings is 1. The summed E-state index contributed by atoms with van der Waals surface area (Å²) in [7, 11) is -3.67. The number of guanidine groups is 1. The van der Waals surface area contributed by atoms with Crippen LogP contribution < -0.4 is 11.5 Å². The molecule has 136 valence electrons. The van der Waals surface area contributed by atoms with Gasteiger partial charge in [0.05, 0.1) is 12.5 Å². The van der Waals surface area contributed by atoms with E-state index in [1.54, 1.807) is 24.5 Å². The van der Waals surface area contributed by atoms with Crippen molar-refractivity contribution in [3.8, 4) is 11.1 Å². The summed E-state index contributed by atoms with van der Waals surface area (Å²) >= 11 is 0. The number of carbonyl (C=O) groups excluding carboxylic acids is 1. The van der Waals surface area contributed by atoms with Crippen LogP contribution in [0.15, 0.2) is 64.2 Å². The second-order valence-electron chi connectivity index (χ2n) is 5.29. The summed E-state index contributed by atoms with van der Waals surface area (Å²) < 4.78 is 31.3.